The number of methoxy groups -OCH3 is 1. The van der Waals surface area contributed by atoms with E-state index in [0.29, 0.717) is 16.5 Å². The van der Waals surface area contributed by atoms with Crippen molar-refractivity contribution < 1.29 is 18.1 Å². The summed E-state index contributed by atoms with van der Waals surface area (Å²) in [6, 6.07) is 16.9. The first-order valence-corrected chi connectivity index (χ1v) is 11.1. The second kappa shape index (κ2) is 9.67. The topological polar surface area (TPSA) is 123 Å². The monoisotopic (exact) mass is 474 g/mol. The van der Waals surface area contributed by atoms with Crippen LogP contribution < -0.4 is 14.9 Å². The van der Waals surface area contributed by atoms with Crippen LogP contribution in [0.4, 0.5) is 17.1 Å². The first-order valence-electron chi connectivity index (χ1n) is 9.22. The Balaban J connectivity index is 1.89. The molecule has 32 heavy (non-hydrogen) atoms. The van der Waals surface area contributed by atoms with Crippen molar-refractivity contribution in [2.24, 2.45) is 5.10 Å². The molecule has 11 heteroatoms. The van der Waals surface area contributed by atoms with Crippen molar-refractivity contribution in [3.8, 4) is 5.75 Å². The van der Waals surface area contributed by atoms with Crippen LogP contribution in [-0.2, 0) is 10.0 Å². The van der Waals surface area contributed by atoms with Crippen molar-refractivity contribution in [3.63, 3.8) is 0 Å². The van der Waals surface area contributed by atoms with E-state index in [4.69, 9.17) is 16.3 Å². The number of rotatable bonds is 8. The number of benzene rings is 3. The lowest BCUT2D eigenvalue weighted by molar-refractivity contribution is -0.384. The van der Waals surface area contributed by atoms with E-state index in [0.717, 1.165) is 11.6 Å². The van der Waals surface area contributed by atoms with E-state index < -0.39 is 20.6 Å². The molecule has 3 aromatic carbocycles. The number of nitro benzene ring substituents is 1. The highest BCUT2D eigenvalue weighted by molar-refractivity contribution is 7.92. The Morgan fingerprint density at radius 3 is 2.41 bits per heavy atom. The Kier molecular flexibility index (Phi) is 6.96. The molecular formula is C21H19ClN4O5S. The molecule has 0 bridgehead atoms. The van der Waals surface area contributed by atoms with Gasteiger partial charge < -0.3 is 4.74 Å². The smallest absolute Gasteiger partial charge is 0.295 e. The maximum atomic E-state index is 12.8. The minimum atomic E-state index is -4.11. The minimum absolute atomic E-state index is 0.0413. The average Bonchev–Trinajstić information content (AvgIpc) is 2.77. The summed E-state index contributed by atoms with van der Waals surface area (Å²) in [5.74, 6) is 0.316. The molecule has 0 aliphatic rings. The van der Waals surface area contributed by atoms with Crippen LogP contribution in [0.2, 0.25) is 5.02 Å². The number of nitrogens with one attached hydrogen (secondary N) is 2. The second-order valence-corrected chi connectivity index (χ2v) is 8.68. The molecule has 0 saturated heterocycles. The van der Waals surface area contributed by atoms with Crippen molar-refractivity contribution in [1.29, 1.82) is 0 Å². The molecule has 0 fully saturated rings. The van der Waals surface area contributed by atoms with Crippen LogP contribution in [0.25, 0.3) is 0 Å². The standard InChI is InChI=1S/C21H19ClN4O5S/c1-14(15-7-9-16(22)10-8-15)23-24-18-12-11-17(13-20(18)26(27)28)32(29,30)25-19-5-3-4-6-21(19)31-2/h3-13,24-25H,1-2H3/b23-14-. The van der Waals surface area contributed by atoms with E-state index in [9.17, 15) is 18.5 Å². The summed E-state index contributed by atoms with van der Waals surface area (Å²) in [5, 5.41) is 16.3. The van der Waals surface area contributed by atoms with E-state index in [-0.39, 0.29) is 16.3 Å². The first-order chi connectivity index (χ1) is 15.2. The van der Waals surface area contributed by atoms with Crippen molar-refractivity contribution >= 4 is 44.4 Å². The number of hydrogen-bond donors (Lipinski definition) is 2. The summed E-state index contributed by atoms with van der Waals surface area (Å²) in [6.07, 6.45) is 0. The number of ether oxygens (including phenoxy) is 1. The van der Waals surface area contributed by atoms with Gasteiger partial charge in [-0.25, -0.2) is 8.42 Å². The van der Waals surface area contributed by atoms with Gasteiger partial charge >= 0.3 is 0 Å². The van der Waals surface area contributed by atoms with E-state index >= 15 is 0 Å². The maximum absolute atomic E-state index is 12.8. The summed E-state index contributed by atoms with van der Waals surface area (Å²) < 4.78 is 33.1. The molecule has 3 aromatic rings. The Labute approximate surface area is 189 Å². The van der Waals surface area contributed by atoms with E-state index in [1.165, 1.54) is 25.3 Å². The van der Waals surface area contributed by atoms with Crippen molar-refractivity contribution in [3.05, 3.63) is 87.4 Å². The van der Waals surface area contributed by atoms with Crippen molar-refractivity contribution in [2.75, 3.05) is 17.3 Å². The Hall–Kier alpha value is -3.63. The number of anilines is 2. The molecule has 0 aliphatic heterocycles. The summed E-state index contributed by atoms with van der Waals surface area (Å²) >= 11 is 5.87. The highest BCUT2D eigenvalue weighted by Gasteiger charge is 2.22. The summed E-state index contributed by atoms with van der Waals surface area (Å²) in [5.41, 5.74) is 3.77. The molecule has 0 aliphatic carbocycles. The van der Waals surface area contributed by atoms with Gasteiger partial charge in [0.05, 0.1) is 28.3 Å². The zero-order valence-electron chi connectivity index (χ0n) is 17.1. The molecule has 9 nitrogen and oxygen atoms in total. The van der Waals surface area contributed by atoms with E-state index in [1.807, 2.05) is 0 Å². The average molecular weight is 475 g/mol. The third kappa shape index (κ3) is 5.34. The van der Waals surface area contributed by atoms with Crippen LogP contribution in [0.5, 0.6) is 5.75 Å². The molecule has 166 valence electrons. The first kappa shape index (κ1) is 23.0. The molecule has 0 radical (unpaired) electrons. The molecule has 0 atom stereocenters. The number of halogens is 1. The summed E-state index contributed by atoms with van der Waals surface area (Å²) in [7, 11) is -2.70. The van der Waals surface area contributed by atoms with Crippen LogP contribution >= 0.6 is 11.6 Å². The van der Waals surface area contributed by atoms with Crippen LogP contribution in [-0.4, -0.2) is 26.2 Å². The second-order valence-electron chi connectivity index (χ2n) is 6.56. The SMILES string of the molecule is COc1ccccc1NS(=O)(=O)c1ccc(N/N=C(/C)c2ccc(Cl)cc2)c([N+](=O)[O-])c1. The molecule has 2 N–H and O–H groups in total. The van der Waals surface area contributed by atoms with Crippen molar-refractivity contribution in [1.82, 2.24) is 0 Å². The maximum Gasteiger partial charge on any atom is 0.295 e. The predicted molar refractivity (Wildman–Crippen MR) is 124 cm³/mol. The highest BCUT2D eigenvalue weighted by Crippen LogP contribution is 2.30. The Bertz CT molecular complexity index is 1280. The van der Waals surface area contributed by atoms with E-state index in [1.54, 1.807) is 49.4 Å². The van der Waals surface area contributed by atoms with Gasteiger partial charge in [-0.2, -0.15) is 5.10 Å². The van der Waals surface area contributed by atoms with Gasteiger partial charge in [0.2, 0.25) is 0 Å². The van der Waals surface area contributed by atoms with Crippen LogP contribution in [0.3, 0.4) is 0 Å². The zero-order chi connectivity index (χ0) is 23.3. The Morgan fingerprint density at radius 2 is 1.75 bits per heavy atom. The summed E-state index contributed by atoms with van der Waals surface area (Å²) in [6.45, 7) is 1.72. The highest BCUT2D eigenvalue weighted by atomic mass is 35.5. The lowest BCUT2D eigenvalue weighted by Gasteiger charge is -2.12. The van der Waals surface area contributed by atoms with E-state index in [2.05, 4.69) is 15.2 Å². The molecule has 0 amide bonds. The van der Waals surface area contributed by atoms with Gasteiger partial charge in [-0.15, -0.1) is 0 Å². The zero-order valence-corrected chi connectivity index (χ0v) is 18.6. The largest absolute Gasteiger partial charge is 0.495 e. The van der Waals surface area contributed by atoms with Gasteiger partial charge in [-0.3, -0.25) is 20.3 Å². The van der Waals surface area contributed by atoms with Gasteiger partial charge in [-0.05, 0) is 48.9 Å². The molecule has 0 spiro atoms. The van der Waals surface area contributed by atoms with Gasteiger partial charge in [0.25, 0.3) is 15.7 Å². The van der Waals surface area contributed by atoms with Gasteiger partial charge in [0, 0.05) is 11.1 Å². The van der Waals surface area contributed by atoms with Crippen molar-refractivity contribution in [2.45, 2.75) is 11.8 Å². The number of para-hydroxylation sites is 2. The number of nitro groups is 1. The Morgan fingerprint density at radius 1 is 1.06 bits per heavy atom. The number of nitrogens with zero attached hydrogens (tertiary/aromatic N) is 2. The molecular weight excluding hydrogens is 456 g/mol. The normalized spacial score (nSPS) is 11.7. The summed E-state index contributed by atoms with van der Waals surface area (Å²) in [4.78, 5) is 10.6. The van der Waals surface area contributed by atoms with Crippen LogP contribution in [0.1, 0.15) is 12.5 Å². The third-order valence-electron chi connectivity index (χ3n) is 4.43. The predicted octanol–water partition coefficient (Wildman–Crippen LogP) is 4.89. The lowest BCUT2D eigenvalue weighted by atomic mass is 10.1. The third-order valence-corrected chi connectivity index (χ3v) is 6.05. The minimum Gasteiger partial charge on any atom is -0.495 e. The van der Waals surface area contributed by atoms with Gasteiger partial charge in [-0.1, -0.05) is 35.9 Å². The fraction of sp³-hybridized carbons (Fsp3) is 0.0952. The van der Waals surface area contributed by atoms with Gasteiger partial charge in [0.15, 0.2) is 0 Å². The number of hydrazone groups is 1. The molecule has 0 saturated carbocycles. The molecule has 0 aromatic heterocycles. The fourth-order valence-electron chi connectivity index (χ4n) is 2.76. The molecule has 0 unspecified atom stereocenters. The number of hydrogen-bond acceptors (Lipinski definition) is 7. The van der Waals surface area contributed by atoms with Crippen LogP contribution in [0.15, 0.2) is 76.7 Å². The fourth-order valence-corrected chi connectivity index (χ4v) is 3.97. The van der Waals surface area contributed by atoms with Gasteiger partial charge in [0.1, 0.15) is 11.4 Å². The quantitative estimate of drug-likeness (QED) is 0.272. The number of sulfonamides is 1. The molecule has 3 rings (SSSR count). The van der Waals surface area contributed by atoms with Crippen LogP contribution in [0, 0.1) is 10.1 Å². The lowest BCUT2D eigenvalue weighted by Crippen LogP contribution is -2.14. The molecule has 0 heterocycles.